The number of allylic oxidation sites excluding steroid dienone is 1. The molecule has 0 radical (unpaired) electrons. The average Bonchev–Trinajstić information content (AvgIpc) is 3.26. The number of esters is 1. The summed E-state index contributed by atoms with van der Waals surface area (Å²) in [4.78, 5) is 35.1. The van der Waals surface area contributed by atoms with Crippen LogP contribution in [0.2, 0.25) is 5.02 Å². The van der Waals surface area contributed by atoms with Crippen LogP contribution in [0.15, 0.2) is 76.0 Å². The summed E-state index contributed by atoms with van der Waals surface area (Å²) >= 11 is 7.35. The quantitative estimate of drug-likeness (QED) is 0.457. The van der Waals surface area contributed by atoms with Gasteiger partial charge in [-0.1, -0.05) is 47.6 Å². The number of hydrogen-bond acceptors (Lipinski definition) is 7. The fourth-order valence-corrected chi connectivity index (χ4v) is 5.14. The first kappa shape index (κ1) is 26.7. The number of nitrogens with one attached hydrogen (secondary N) is 1. The van der Waals surface area contributed by atoms with Crippen molar-refractivity contribution in [3.63, 3.8) is 0 Å². The van der Waals surface area contributed by atoms with Gasteiger partial charge in [-0.15, -0.1) is 0 Å². The molecule has 1 unspecified atom stereocenters. The lowest BCUT2D eigenvalue weighted by Crippen LogP contribution is -2.40. The van der Waals surface area contributed by atoms with Gasteiger partial charge in [-0.25, -0.2) is 9.79 Å². The summed E-state index contributed by atoms with van der Waals surface area (Å²) in [5.41, 5.74) is -0.580. The fraction of sp³-hybridized carbons (Fsp3) is 0.280. The Bertz CT molecular complexity index is 1280. The molecule has 1 amide bonds. The number of thioether (sulfide) groups is 1. The molecule has 194 valence electrons. The Morgan fingerprint density at radius 1 is 1.19 bits per heavy atom. The number of amidine groups is 1. The molecule has 1 aromatic carbocycles. The lowest BCUT2D eigenvalue weighted by atomic mass is 9.93. The van der Waals surface area contributed by atoms with Gasteiger partial charge in [0, 0.05) is 35.6 Å². The summed E-state index contributed by atoms with van der Waals surface area (Å²) < 4.78 is 47.3. The Morgan fingerprint density at radius 2 is 1.95 bits per heavy atom. The van der Waals surface area contributed by atoms with Crippen LogP contribution in [-0.2, 0) is 20.7 Å². The number of halogens is 4. The number of hydrogen-bond donors (Lipinski definition) is 1. The Morgan fingerprint density at radius 3 is 2.62 bits per heavy atom. The molecule has 0 aliphatic carbocycles. The molecule has 2 aliphatic heterocycles. The summed E-state index contributed by atoms with van der Waals surface area (Å²) in [5.74, 6) is -1.50. The number of rotatable bonds is 8. The first-order valence-corrected chi connectivity index (χ1v) is 12.6. The smallest absolute Gasteiger partial charge is 0.434 e. The number of benzene rings is 1. The second-order valence-corrected chi connectivity index (χ2v) is 9.24. The molecule has 1 aromatic heterocycles. The maximum Gasteiger partial charge on any atom is 0.434 e. The standard InChI is InChI=1S/C25H22ClF3N4O3S/c1-2-36-23(35)20-21(17-8-3-4-9-18(17)26)33-16(14-37-24(33)32-22(20)25(27,28)29)13-19(34)31-12-10-15-7-5-6-11-30-15/h3-9,11,14,21H,2,10,12-13H2,1H3,(H,31,34). The number of pyridine rings is 1. The van der Waals surface area contributed by atoms with Crippen LogP contribution in [0.5, 0.6) is 0 Å². The number of alkyl halides is 3. The van der Waals surface area contributed by atoms with Crippen molar-refractivity contribution >= 4 is 40.4 Å². The fourth-order valence-electron chi connectivity index (χ4n) is 3.98. The van der Waals surface area contributed by atoms with E-state index in [2.05, 4.69) is 15.3 Å². The van der Waals surface area contributed by atoms with E-state index in [1.54, 1.807) is 29.8 Å². The van der Waals surface area contributed by atoms with Crippen LogP contribution < -0.4 is 5.32 Å². The number of carbonyl (C=O) groups is 2. The molecule has 3 heterocycles. The molecule has 0 saturated carbocycles. The number of carbonyl (C=O) groups excluding carboxylic acids is 2. The molecule has 37 heavy (non-hydrogen) atoms. The SMILES string of the molecule is CCOC(=O)C1=C(C(F)(F)F)N=C2SC=C(CC(=O)NCCc3ccccn3)N2C1c1ccccc1Cl. The molecule has 1 atom stereocenters. The lowest BCUT2D eigenvalue weighted by molar-refractivity contribution is -0.140. The first-order chi connectivity index (χ1) is 17.7. The Kier molecular flexibility index (Phi) is 8.23. The molecule has 0 fully saturated rings. The second-order valence-electron chi connectivity index (χ2n) is 7.99. The van der Waals surface area contributed by atoms with Crippen molar-refractivity contribution in [2.75, 3.05) is 13.2 Å². The summed E-state index contributed by atoms with van der Waals surface area (Å²) in [5, 5.41) is 4.51. The molecule has 7 nitrogen and oxygen atoms in total. The van der Waals surface area contributed by atoms with Gasteiger partial charge in [0.15, 0.2) is 10.9 Å². The van der Waals surface area contributed by atoms with Gasteiger partial charge < -0.3 is 15.0 Å². The molecular formula is C25H22ClF3N4O3S. The topological polar surface area (TPSA) is 83.9 Å². The summed E-state index contributed by atoms with van der Waals surface area (Å²) in [7, 11) is 0. The third-order valence-electron chi connectivity index (χ3n) is 5.54. The highest BCUT2D eigenvalue weighted by molar-refractivity contribution is 8.16. The Balaban J connectivity index is 1.65. The normalized spacial score (nSPS) is 17.2. The van der Waals surface area contributed by atoms with Crippen molar-refractivity contribution in [1.29, 1.82) is 0 Å². The summed E-state index contributed by atoms with van der Waals surface area (Å²) in [6.07, 6.45) is -2.89. The zero-order valence-corrected chi connectivity index (χ0v) is 21.2. The third kappa shape index (κ3) is 5.99. The van der Waals surface area contributed by atoms with Gasteiger partial charge in [-0.2, -0.15) is 13.2 Å². The van der Waals surface area contributed by atoms with Gasteiger partial charge in [0.1, 0.15) is 0 Å². The van der Waals surface area contributed by atoms with E-state index in [0.717, 1.165) is 17.5 Å². The number of amides is 1. The largest absolute Gasteiger partial charge is 0.463 e. The number of ether oxygens (including phenoxy) is 1. The van der Waals surface area contributed by atoms with Crippen molar-refractivity contribution in [3.05, 3.63) is 87.3 Å². The summed E-state index contributed by atoms with van der Waals surface area (Å²) in [6.45, 7) is 1.70. The molecule has 4 rings (SSSR count). The minimum atomic E-state index is -4.92. The molecule has 2 aromatic rings. The molecule has 0 saturated heterocycles. The van der Waals surface area contributed by atoms with E-state index in [9.17, 15) is 22.8 Å². The van der Waals surface area contributed by atoms with E-state index in [4.69, 9.17) is 16.3 Å². The van der Waals surface area contributed by atoms with Crippen LogP contribution in [0.1, 0.15) is 30.6 Å². The average molecular weight is 551 g/mol. The highest BCUT2D eigenvalue weighted by Gasteiger charge is 2.49. The van der Waals surface area contributed by atoms with E-state index in [1.165, 1.54) is 24.0 Å². The van der Waals surface area contributed by atoms with Gasteiger partial charge in [-0.05, 0) is 36.1 Å². The maximum atomic E-state index is 14.1. The van der Waals surface area contributed by atoms with Crippen LogP contribution in [0.4, 0.5) is 13.2 Å². The zero-order chi connectivity index (χ0) is 26.6. The van der Waals surface area contributed by atoms with E-state index >= 15 is 0 Å². The van der Waals surface area contributed by atoms with Crippen LogP contribution in [0.25, 0.3) is 0 Å². The van der Waals surface area contributed by atoms with Gasteiger partial charge in [0.2, 0.25) is 5.91 Å². The van der Waals surface area contributed by atoms with Crippen molar-refractivity contribution in [2.45, 2.75) is 32.0 Å². The molecule has 0 bridgehead atoms. The highest BCUT2D eigenvalue weighted by Crippen LogP contribution is 2.49. The first-order valence-electron chi connectivity index (χ1n) is 11.3. The molecule has 2 aliphatic rings. The molecule has 12 heteroatoms. The van der Waals surface area contributed by atoms with Crippen LogP contribution in [0, 0.1) is 0 Å². The maximum absolute atomic E-state index is 14.1. The number of aromatic nitrogens is 1. The predicted octanol–water partition coefficient (Wildman–Crippen LogP) is 5.16. The van der Waals surface area contributed by atoms with Gasteiger partial charge >= 0.3 is 12.1 Å². The van der Waals surface area contributed by atoms with E-state index in [-0.39, 0.29) is 34.7 Å². The van der Waals surface area contributed by atoms with Crippen LogP contribution in [-0.4, -0.2) is 46.3 Å². The van der Waals surface area contributed by atoms with Crippen molar-refractivity contribution in [1.82, 2.24) is 15.2 Å². The van der Waals surface area contributed by atoms with E-state index < -0.39 is 29.5 Å². The molecule has 0 spiro atoms. The number of fused-ring (bicyclic) bond motifs is 1. The van der Waals surface area contributed by atoms with Crippen LogP contribution >= 0.6 is 23.4 Å². The van der Waals surface area contributed by atoms with E-state index in [1.807, 2.05) is 12.1 Å². The minimum Gasteiger partial charge on any atom is -0.463 e. The molecule has 1 N–H and O–H groups in total. The van der Waals surface area contributed by atoms with Crippen molar-refractivity contribution < 1.29 is 27.5 Å². The molecular weight excluding hydrogens is 529 g/mol. The van der Waals surface area contributed by atoms with Crippen molar-refractivity contribution in [2.24, 2.45) is 4.99 Å². The monoisotopic (exact) mass is 550 g/mol. The van der Waals surface area contributed by atoms with Crippen molar-refractivity contribution in [3.8, 4) is 0 Å². The zero-order valence-electron chi connectivity index (χ0n) is 19.6. The van der Waals surface area contributed by atoms with Gasteiger partial charge in [0.05, 0.1) is 24.6 Å². The summed E-state index contributed by atoms with van der Waals surface area (Å²) in [6, 6.07) is 10.5. The highest BCUT2D eigenvalue weighted by atomic mass is 35.5. The van der Waals surface area contributed by atoms with E-state index in [0.29, 0.717) is 18.7 Å². The number of aliphatic imine (C=N–C) groups is 1. The Hall–Kier alpha value is -3.31. The third-order valence-corrected chi connectivity index (χ3v) is 6.78. The van der Waals surface area contributed by atoms with Gasteiger partial charge in [-0.3, -0.25) is 9.78 Å². The second kappa shape index (κ2) is 11.4. The Labute approximate surface area is 220 Å². The predicted molar refractivity (Wildman–Crippen MR) is 134 cm³/mol. The lowest BCUT2D eigenvalue weighted by Gasteiger charge is -2.37. The minimum absolute atomic E-state index is 0.0124. The van der Waals surface area contributed by atoms with Gasteiger partial charge in [0.25, 0.3) is 0 Å². The number of nitrogens with zero attached hydrogens (tertiary/aromatic N) is 3. The van der Waals surface area contributed by atoms with Crippen LogP contribution in [0.3, 0.4) is 0 Å².